The van der Waals surface area contributed by atoms with E-state index in [4.69, 9.17) is 63.7 Å². The van der Waals surface area contributed by atoms with Crippen LogP contribution in [0.5, 0.6) is 0 Å². The summed E-state index contributed by atoms with van der Waals surface area (Å²) in [6.45, 7) is 1.89. The fourth-order valence-corrected chi connectivity index (χ4v) is 5.64. The molecule has 0 unspecified atom stereocenters. The molecule has 1 amide bonds. The molecule has 0 spiro atoms. The quantitative estimate of drug-likeness (QED) is 0.188. The maximum atomic E-state index is 13.0. The Hall–Kier alpha value is -1.95. The second-order valence-electron chi connectivity index (χ2n) is 8.30. The third-order valence-electron chi connectivity index (χ3n) is 5.83. The molecule has 3 aromatic rings. The van der Waals surface area contributed by atoms with Gasteiger partial charge in [-0.05, 0) is 72.1 Å². The van der Waals surface area contributed by atoms with E-state index in [9.17, 15) is 9.59 Å². The summed E-state index contributed by atoms with van der Waals surface area (Å²) in [5, 5.41) is 3.93. The second kappa shape index (κ2) is 9.60. The SMILES string of the molecule is Cc1cc(N)ccc1CC(=O)c1cc(NC(=O)[C@H]2[C@H](c3cc(Cl)cc(Cl)c3)C2(Cl)Cl)ccc1Cl. The number of amides is 1. The molecular weight excluding hydrogens is 538 g/mol. The number of rotatable bonds is 6. The molecule has 3 N–H and O–H groups in total. The molecule has 0 saturated heterocycles. The summed E-state index contributed by atoms with van der Waals surface area (Å²) in [4.78, 5) is 26.0. The Morgan fingerprint density at radius 1 is 0.971 bits per heavy atom. The Balaban J connectivity index is 1.52. The summed E-state index contributed by atoms with van der Waals surface area (Å²) < 4.78 is -1.31. The average molecular weight is 557 g/mol. The van der Waals surface area contributed by atoms with E-state index in [1.54, 1.807) is 42.5 Å². The monoisotopic (exact) mass is 554 g/mol. The number of benzene rings is 3. The molecule has 3 aromatic carbocycles. The number of carbonyl (C=O) groups excluding carboxylic acids is 2. The molecule has 1 fully saturated rings. The third-order valence-corrected chi connectivity index (χ3v) is 7.54. The molecule has 0 aromatic heterocycles. The van der Waals surface area contributed by atoms with Crippen LogP contribution in [0.4, 0.5) is 11.4 Å². The van der Waals surface area contributed by atoms with Crippen LogP contribution in [0.15, 0.2) is 54.6 Å². The number of ketones is 1. The van der Waals surface area contributed by atoms with E-state index in [1.807, 2.05) is 19.1 Å². The highest BCUT2D eigenvalue weighted by atomic mass is 35.5. The normalized spacial score (nSPS) is 18.4. The molecule has 176 valence electrons. The summed E-state index contributed by atoms with van der Waals surface area (Å²) in [5.41, 5.74) is 9.56. The molecule has 9 heteroatoms. The molecule has 0 heterocycles. The lowest BCUT2D eigenvalue weighted by atomic mass is 9.98. The van der Waals surface area contributed by atoms with Gasteiger partial charge in [0.2, 0.25) is 5.91 Å². The smallest absolute Gasteiger partial charge is 0.231 e. The lowest BCUT2D eigenvalue weighted by molar-refractivity contribution is -0.117. The van der Waals surface area contributed by atoms with Gasteiger partial charge >= 0.3 is 0 Å². The van der Waals surface area contributed by atoms with Crippen LogP contribution in [0.2, 0.25) is 15.1 Å². The first-order chi connectivity index (χ1) is 16.0. The van der Waals surface area contributed by atoms with Crippen molar-refractivity contribution in [3.8, 4) is 0 Å². The number of aryl methyl sites for hydroxylation is 1. The zero-order chi connectivity index (χ0) is 24.8. The Morgan fingerprint density at radius 2 is 1.65 bits per heavy atom. The summed E-state index contributed by atoms with van der Waals surface area (Å²) in [5.74, 6) is -1.77. The number of anilines is 2. The summed E-state index contributed by atoms with van der Waals surface area (Å²) >= 11 is 31.3. The Labute approximate surface area is 222 Å². The fourth-order valence-electron chi connectivity index (χ4n) is 4.04. The number of hydrogen-bond acceptors (Lipinski definition) is 3. The van der Waals surface area contributed by atoms with Crippen LogP contribution in [0.25, 0.3) is 0 Å². The molecule has 1 aliphatic carbocycles. The lowest BCUT2D eigenvalue weighted by Crippen LogP contribution is -2.17. The van der Waals surface area contributed by atoms with Gasteiger partial charge in [0.15, 0.2) is 5.78 Å². The van der Waals surface area contributed by atoms with E-state index in [-0.39, 0.29) is 23.1 Å². The number of carbonyl (C=O) groups is 2. The summed E-state index contributed by atoms with van der Waals surface area (Å²) in [7, 11) is 0. The van der Waals surface area contributed by atoms with Crippen LogP contribution in [0, 0.1) is 12.8 Å². The molecule has 1 aliphatic rings. The highest BCUT2D eigenvalue weighted by molar-refractivity contribution is 6.53. The van der Waals surface area contributed by atoms with Crippen LogP contribution in [-0.2, 0) is 11.2 Å². The molecule has 2 atom stereocenters. The largest absolute Gasteiger partial charge is 0.399 e. The van der Waals surface area contributed by atoms with Gasteiger partial charge in [0.05, 0.1) is 10.9 Å². The van der Waals surface area contributed by atoms with Crippen LogP contribution in [0.3, 0.4) is 0 Å². The van der Waals surface area contributed by atoms with Crippen molar-refractivity contribution in [3.05, 3.63) is 91.9 Å². The van der Waals surface area contributed by atoms with Gasteiger partial charge in [0.1, 0.15) is 4.33 Å². The van der Waals surface area contributed by atoms with Gasteiger partial charge < -0.3 is 11.1 Å². The molecule has 4 rings (SSSR count). The van der Waals surface area contributed by atoms with E-state index in [0.29, 0.717) is 32.5 Å². The lowest BCUT2D eigenvalue weighted by Gasteiger charge is -2.10. The number of nitrogen functional groups attached to an aromatic ring is 1. The van der Waals surface area contributed by atoms with Crippen molar-refractivity contribution in [2.24, 2.45) is 5.92 Å². The zero-order valence-electron chi connectivity index (χ0n) is 17.8. The van der Waals surface area contributed by atoms with Gasteiger partial charge in [-0.3, -0.25) is 9.59 Å². The topological polar surface area (TPSA) is 72.2 Å². The van der Waals surface area contributed by atoms with Crippen LogP contribution >= 0.6 is 58.0 Å². The van der Waals surface area contributed by atoms with Gasteiger partial charge in [-0.15, -0.1) is 23.2 Å². The van der Waals surface area contributed by atoms with Gasteiger partial charge in [-0.25, -0.2) is 0 Å². The predicted octanol–water partition coefficient (Wildman–Crippen LogP) is 7.49. The van der Waals surface area contributed by atoms with Crippen molar-refractivity contribution in [2.75, 3.05) is 11.1 Å². The molecular formula is C25H19Cl5N2O2. The number of nitrogens with two attached hydrogens (primary N) is 1. The van der Waals surface area contributed by atoms with Crippen molar-refractivity contribution in [3.63, 3.8) is 0 Å². The van der Waals surface area contributed by atoms with Crippen LogP contribution in [-0.4, -0.2) is 16.0 Å². The van der Waals surface area contributed by atoms with Gasteiger partial charge in [0.25, 0.3) is 0 Å². The van der Waals surface area contributed by atoms with Gasteiger partial charge in [-0.1, -0.05) is 40.9 Å². The van der Waals surface area contributed by atoms with Gasteiger partial charge in [-0.2, -0.15) is 0 Å². The van der Waals surface area contributed by atoms with Gasteiger partial charge in [0, 0.05) is 39.3 Å². The third kappa shape index (κ3) is 5.17. The van der Waals surface area contributed by atoms with Crippen molar-refractivity contribution in [2.45, 2.75) is 23.6 Å². The second-order valence-corrected chi connectivity index (χ2v) is 11.0. The first-order valence-electron chi connectivity index (χ1n) is 10.3. The molecule has 0 radical (unpaired) electrons. The zero-order valence-corrected chi connectivity index (χ0v) is 21.6. The minimum atomic E-state index is -1.31. The Kier molecular flexibility index (Phi) is 7.10. The molecule has 1 saturated carbocycles. The maximum absolute atomic E-state index is 13.0. The highest BCUT2D eigenvalue weighted by Crippen LogP contribution is 2.65. The molecule has 0 aliphatic heterocycles. The van der Waals surface area contributed by atoms with Crippen molar-refractivity contribution in [1.29, 1.82) is 0 Å². The van der Waals surface area contributed by atoms with E-state index in [0.717, 1.165) is 11.1 Å². The predicted molar refractivity (Wildman–Crippen MR) is 141 cm³/mol. The maximum Gasteiger partial charge on any atom is 0.231 e. The Morgan fingerprint density at radius 3 is 2.29 bits per heavy atom. The standard InChI is InChI=1S/C25H19Cl5N2O2/c1-12-6-17(31)3-2-13(12)9-21(33)19-11-18(4-5-20(19)28)32-24(34)23-22(25(23,29)30)14-7-15(26)10-16(27)8-14/h2-8,10-11,22-23H,9,31H2,1H3,(H,32,34)/t22-,23+/m0/s1. The molecule has 0 bridgehead atoms. The van der Waals surface area contributed by atoms with Crippen molar-refractivity contribution in [1.82, 2.24) is 0 Å². The van der Waals surface area contributed by atoms with E-state index in [1.165, 1.54) is 0 Å². The van der Waals surface area contributed by atoms with E-state index in [2.05, 4.69) is 5.32 Å². The molecule has 4 nitrogen and oxygen atoms in total. The van der Waals surface area contributed by atoms with E-state index >= 15 is 0 Å². The number of alkyl halides is 2. The first kappa shape index (κ1) is 25.2. The van der Waals surface area contributed by atoms with Crippen LogP contribution in [0.1, 0.15) is 33.0 Å². The number of nitrogens with one attached hydrogen (secondary N) is 1. The number of Topliss-reactive ketones (excluding diaryl/α,β-unsaturated/α-hetero) is 1. The van der Waals surface area contributed by atoms with Crippen molar-refractivity contribution < 1.29 is 9.59 Å². The minimum Gasteiger partial charge on any atom is -0.399 e. The number of halogens is 5. The minimum absolute atomic E-state index is 0.149. The number of hydrogen-bond donors (Lipinski definition) is 2. The summed E-state index contributed by atoms with van der Waals surface area (Å²) in [6, 6.07) is 15.1. The Bertz CT molecular complexity index is 1290. The highest BCUT2D eigenvalue weighted by Gasteiger charge is 2.67. The van der Waals surface area contributed by atoms with Crippen molar-refractivity contribution >= 4 is 81.1 Å². The van der Waals surface area contributed by atoms with E-state index < -0.39 is 16.2 Å². The summed E-state index contributed by atoms with van der Waals surface area (Å²) in [6.07, 6.45) is 0.149. The first-order valence-corrected chi connectivity index (χ1v) is 12.2. The van der Waals surface area contributed by atoms with Crippen LogP contribution < -0.4 is 11.1 Å². The average Bonchev–Trinajstić information content (AvgIpc) is 3.33. The fraction of sp³-hybridized carbons (Fsp3) is 0.200. The molecule has 34 heavy (non-hydrogen) atoms.